The fourth-order valence-corrected chi connectivity index (χ4v) is 4.62. The van der Waals surface area contributed by atoms with Crippen molar-refractivity contribution >= 4 is 0 Å². The second kappa shape index (κ2) is 6.63. The lowest BCUT2D eigenvalue weighted by atomic mass is 9.58. The van der Waals surface area contributed by atoms with E-state index in [-0.39, 0.29) is 0 Å². The molecular weight excluding hydrogens is 252 g/mol. The Morgan fingerprint density at radius 1 is 0.619 bits per heavy atom. The normalized spacial score (nSPS) is 34.7. The highest BCUT2D eigenvalue weighted by molar-refractivity contribution is 4.90. The highest BCUT2D eigenvalue weighted by Gasteiger charge is 2.40. The van der Waals surface area contributed by atoms with Gasteiger partial charge in [-0.3, -0.25) is 0 Å². The Kier molecular flexibility index (Phi) is 6.01. The third-order valence-electron chi connectivity index (χ3n) is 7.55. The highest BCUT2D eigenvalue weighted by Crippen LogP contribution is 2.50. The van der Waals surface area contributed by atoms with Gasteiger partial charge in [-0.25, -0.2) is 0 Å². The molecule has 21 heavy (non-hydrogen) atoms. The smallest absolute Gasteiger partial charge is 0.0323 e. The summed E-state index contributed by atoms with van der Waals surface area (Å²) in [6.07, 6.45) is 8.57. The average molecular weight is 295 g/mol. The molecule has 2 saturated carbocycles. The van der Waals surface area contributed by atoms with Crippen LogP contribution in [-0.2, 0) is 0 Å². The van der Waals surface area contributed by atoms with Crippen LogP contribution in [0.4, 0.5) is 0 Å². The zero-order valence-electron chi connectivity index (χ0n) is 16.5. The first kappa shape index (κ1) is 19.0. The zero-order chi connectivity index (χ0) is 16.5. The number of rotatable bonds is 0. The van der Waals surface area contributed by atoms with Crippen LogP contribution >= 0.6 is 0 Å². The summed E-state index contributed by atoms with van der Waals surface area (Å²) in [5, 5.41) is 0. The number of hydrogen-bond donors (Lipinski definition) is 0. The lowest BCUT2D eigenvalue weighted by molar-refractivity contribution is 0.0286. The van der Waals surface area contributed by atoms with Gasteiger partial charge in [-0.1, -0.05) is 81.6 Å². The van der Waals surface area contributed by atoms with Crippen molar-refractivity contribution in [2.45, 2.75) is 101 Å². The summed E-state index contributed by atoms with van der Waals surface area (Å²) < 4.78 is 0. The van der Waals surface area contributed by atoms with E-state index in [9.17, 15) is 0 Å². The van der Waals surface area contributed by atoms with Crippen LogP contribution in [-0.4, -0.2) is 0 Å². The molecule has 0 N–H and O–H groups in total. The zero-order valence-corrected chi connectivity index (χ0v) is 16.5. The van der Waals surface area contributed by atoms with Crippen LogP contribution in [0.3, 0.4) is 0 Å². The van der Waals surface area contributed by atoms with Gasteiger partial charge in [0.1, 0.15) is 0 Å². The molecule has 0 heterocycles. The van der Waals surface area contributed by atoms with Gasteiger partial charge in [-0.2, -0.15) is 0 Å². The van der Waals surface area contributed by atoms with Crippen LogP contribution in [0.2, 0.25) is 0 Å². The first-order valence-corrected chi connectivity index (χ1v) is 9.40. The average Bonchev–Trinajstić information content (AvgIpc) is 2.33. The first-order valence-electron chi connectivity index (χ1n) is 9.40. The third kappa shape index (κ3) is 4.73. The van der Waals surface area contributed by atoms with Crippen molar-refractivity contribution in [3.05, 3.63) is 0 Å². The van der Waals surface area contributed by atoms with E-state index < -0.39 is 0 Å². The van der Waals surface area contributed by atoms with Crippen molar-refractivity contribution in [3.8, 4) is 0 Å². The summed E-state index contributed by atoms with van der Waals surface area (Å²) in [5.74, 6) is 2.73. The van der Waals surface area contributed by atoms with E-state index in [0.717, 1.165) is 17.8 Å². The van der Waals surface area contributed by atoms with Crippen LogP contribution in [0.1, 0.15) is 101 Å². The van der Waals surface area contributed by atoms with Gasteiger partial charge in [0.25, 0.3) is 0 Å². The molecule has 0 nitrogen and oxygen atoms in total. The molecular formula is C21H42. The van der Waals surface area contributed by atoms with E-state index in [1.165, 1.54) is 38.5 Å². The van der Waals surface area contributed by atoms with Crippen LogP contribution in [0.25, 0.3) is 0 Å². The highest BCUT2D eigenvalue weighted by atomic mass is 14.5. The van der Waals surface area contributed by atoms with Crippen molar-refractivity contribution in [1.29, 1.82) is 0 Å². The Bertz CT molecular complexity index is 305. The van der Waals surface area contributed by atoms with Crippen LogP contribution in [0, 0.1) is 34.0 Å². The maximum Gasteiger partial charge on any atom is -0.0323 e. The Morgan fingerprint density at radius 2 is 1.05 bits per heavy atom. The summed E-state index contributed by atoms with van der Waals surface area (Å²) in [6, 6.07) is 0. The van der Waals surface area contributed by atoms with E-state index in [1.54, 1.807) is 0 Å². The third-order valence-corrected chi connectivity index (χ3v) is 7.55. The predicted octanol–water partition coefficient (Wildman–Crippen LogP) is 7.33. The van der Waals surface area contributed by atoms with Gasteiger partial charge in [0.05, 0.1) is 0 Å². The van der Waals surface area contributed by atoms with Crippen LogP contribution in [0.5, 0.6) is 0 Å². The number of hydrogen-bond acceptors (Lipinski definition) is 0. The molecule has 0 aromatic heterocycles. The van der Waals surface area contributed by atoms with Crippen molar-refractivity contribution in [2.24, 2.45) is 34.0 Å². The van der Waals surface area contributed by atoms with Gasteiger partial charge in [0.15, 0.2) is 0 Å². The summed E-state index contributed by atoms with van der Waals surface area (Å²) in [5.41, 5.74) is 1.75. The minimum Gasteiger partial charge on any atom is -0.0622 e. The minimum atomic E-state index is 0.571. The van der Waals surface area contributed by atoms with Gasteiger partial charge < -0.3 is 0 Å². The summed E-state index contributed by atoms with van der Waals surface area (Å²) in [7, 11) is 0. The Morgan fingerprint density at radius 3 is 1.38 bits per heavy atom. The first-order chi connectivity index (χ1) is 9.40. The largest absolute Gasteiger partial charge is 0.0622 e. The lowest BCUT2D eigenvalue weighted by Gasteiger charge is -2.47. The van der Waals surface area contributed by atoms with E-state index in [2.05, 4.69) is 62.3 Å². The monoisotopic (exact) mass is 294 g/mol. The minimum absolute atomic E-state index is 0.571. The molecule has 126 valence electrons. The standard InChI is InChI=1S/C11H22.C10H20/c1-9-10(2,3)7-6-8-11(9,4)5;1-8-6-5-7-10(3,4)9(8)2/h9H,6-8H2,1-5H3;8-9H,5-7H2,1-4H3. The molecule has 2 unspecified atom stereocenters. The van der Waals surface area contributed by atoms with Crippen molar-refractivity contribution in [1.82, 2.24) is 0 Å². The molecule has 0 spiro atoms. The second-order valence-corrected chi connectivity index (χ2v) is 10.2. The SMILES string of the molecule is CC1C(C)(C)CCCC1(C)C.CC1CCCC(C)(C)C1C. The predicted molar refractivity (Wildman–Crippen MR) is 96.5 cm³/mol. The van der Waals surface area contributed by atoms with Gasteiger partial charge in [0.2, 0.25) is 0 Å². The van der Waals surface area contributed by atoms with Crippen LogP contribution in [0.15, 0.2) is 0 Å². The molecule has 2 atom stereocenters. The Hall–Kier alpha value is 0. The fraction of sp³-hybridized carbons (Fsp3) is 1.00. The lowest BCUT2D eigenvalue weighted by Crippen LogP contribution is -2.38. The summed E-state index contributed by atoms with van der Waals surface area (Å²) in [4.78, 5) is 0. The van der Waals surface area contributed by atoms with Crippen LogP contribution < -0.4 is 0 Å². The second-order valence-electron chi connectivity index (χ2n) is 10.2. The molecule has 0 heteroatoms. The molecule has 0 bridgehead atoms. The van der Waals surface area contributed by atoms with E-state index >= 15 is 0 Å². The van der Waals surface area contributed by atoms with E-state index in [4.69, 9.17) is 0 Å². The Balaban J connectivity index is 0.000000211. The van der Waals surface area contributed by atoms with Gasteiger partial charge in [-0.15, -0.1) is 0 Å². The maximum atomic E-state index is 2.42. The van der Waals surface area contributed by atoms with Gasteiger partial charge in [0, 0.05) is 0 Å². The van der Waals surface area contributed by atoms with Gasteiger partial charge >= 0.3 is 0 Å². The molecule has 2 aliphatic rings. The molecule has 0 saturated heterocycles. The summed E-state index contributed by atoms with van der Waals surface area (Å²) >= 11 is 0. The van der Waals surface area contributed by atoms with Crippen molar-refractivity contribution in [2.75, 3.05) is 0 Å². The van der Waals surface area contributed by atoms with E-state index in [1.807, 2.05) is 0 Å². The molecule has 0 aliphatic heterocycles. The molecule has 0 amide bonds. The topological polar surface area (TPSA) is 0 Å². The van der Waals surface area contributed by atoms with Crippen molar-refractivity contribution < 1.29 is 0 Å². The molecule has 0 aromatic carbocycles. The maximum absolute atomic E-state index is 2.42. The van der Waals surface area contributed by atoms with Gasteiger partial charge in [-0.05, 0) is 53.3 Å². The van der Waals surface area contributed by atoms with E-state index in [0.29, 0.717) is 16.2 Å². The molecule has 2 rings (SSSR count). The summed E-state index contributed by atoms with van der Waals surface area (Å²) in [6.45, 7) is 21.7. The molecule has 0 aromatic rings. The fourth-order valence-electron chi connectivity index (χ4n) is 4.62. The quantitative estimate of drug-likeness (QED) is 0.439. The molecule has 0 radical (unpaired) electrons. The molecule has 2 fully saturated rings. The molecule has 2 aliphatic carbocycles. The Labute approximate surface area is 135 Å². The van der Waals surface area contributed by atoms with Crippen molar-refractivity contribution in [3.63, 3.8) is 0 Å².